The zero-order valence-electron chi connectivity index (χ0n) is 13.8. The molecule has 0 saturated heterocycles. The highest BCUT2D eigenvalue weighted by atomic mass is 14.2. The Bertz CT molecular complexity index is 690. The monoisotopic (exact) mass is 290 g/mol. The maximum atomic E-state index is 2.46. The zero-order valence-corrected chi connectivity index (χ0v) is 13.8. The van der Waals surface area contributed by atoms with Crippen LogP contribution in [0.25, 0.3) is 10.8 Å². The lowest BCUT2D eigenvalue weighted by molar-refractivity contribution is 0.478. The third-order valence-corrected chi connectivity index (χ3v) is 4.79. The zero-order chi connectivity index (χ0) is 15.4. The standard InChI is InChI=1S/C22H26/c1-3-7-20(15-18-9-6-8-17(2)14-18)22-13-12-19-10-4-5-11-21(19)16-22/h4-6,8,10-14,16,18,20H,3,7,9,15H2,1-2H3. The van der Waals surface area contributed by atoms with E-state index in [0.29, 0.717) is 11.8 Å². The van der Waals surface area contributed by atoms with Crippen molar-refractivity contribution in [2.75, 3.05) is 0 Å². The summed E-state index contributed by atoms with van der Waals surface area (Å²) in [5.41, 5.74) is 2.94. The van der Waals surface area contributed by atoms with E-state index in [1.54, 1.807) is 0 Å². The lowest BCUT2D eigenvalue weighted by Gasteiger charge is -2.23. The van der Waals surface area contributed by atoms with Gasteiger partial charge in [0.15, 0.2) is 0 Å². The van der Waals surface area contributed by atoms with Crippen LogP contribution >= 0.6 is 0 Å². The Labute approximate surface area is 134 Å². The van der Waals surface area contributed by atoms with Crippen LogP contribution in [-0.4, -0.2) is 0 Å². The Hall–Kier alpha value is -1.82. The first-order valence-electron chi connectivity index (χ1n) is 8.60. The van der Waals surface area contributed by atoms with Crippen LogP contribution in [0.3, 0.4) is 0 Å². The Morgan fingerprint density at radius 1 is 1.09 bits per heavy atom. The second-order valence-corrected chi connectivity index (χ2v) is 6.64. The van der Waals surface area contributed by atoms with Crippen molar-refractivity contribution in [1.82, 2.24) is 0 Å². The molecule has 2 unspecified atom stereocenters. The van der Waals surface area contributed by atoms with Crippen molar-refractivity contribution in [2.24, 2.45) is 5.92 Å². The van der Waals surface area contributed by atoms with Gasteiger partial charge >= 0.3 is 0 Å². The minimum absolute atomic E-state index is 0.676. The molecule has 114 valence electrons. The van der Waals surface area contributed by atoms with Crippen LogP contribution in [0, 0.1) is 5.92 Å². The number of fused-ring (bicyclic) bond motifs is 1. The normalized spacial score (nSPS) is 19.2. The fraction of sp³-hybridized carbons (Fsp3) is 0.364. The van der Waals surface area contributed by atoms with E-state index in [1.165, 1.54) is 47.6 Å². The molecule has 0 heteroatoms. The summed E-state index contributed by atoms with van der Waals surface area (Å²) in [5, 5.41) is 2.72. The molecule has 0 aromatic heterocycles. The SMILES string of the molecule is CCCC(CC1C=C(C)C=CC1)c1ccc2ccccc2c1. The van der Waals surface area contributed by atoms with Crippen molar-refractivity contribution in [3.63, 3.8) is 0 Å². The second kappa shape index (κ2) is 6.96. The van der Waals surface area contributed by atoms with Gasteiger partial charge in [-0.1, -0.05) is 79.6 Å². The van der Waals surface area contributed by atoms with Crippen molar-refractivity contribution in [1.29, 1.82) is 0 Å². The first-order valence-corrected chi connectivity index (χ1v) is 8.60. The van der Waals surface area contributed by atoms with Crippen LogP contribution in [0.1, 0.15) is 51.0 Å². The van der Waals surface area contributed by atoms with Crippen molar-refractivity contribution in [2.45, 2.75) is 45.4 Å². The molecule has 2 aromatic rings. The van der Waals surface area contributed by atoms with Crippen molar-refractivity contribution in [3.05, 3.63) is 71.8 Å². The molecule has 0 saturated carbocycles. The quantitative estimate of drug-likeness (QED) is 0.579. The highest BCUT2D eigenvalue weighted by molar-refractivity contribution is 5.83. The van der Waals surface area contributed by atoms with Crippen LogP contribution < -0.4 is 0 Å². The molecule has 0 aliphatic heterocycles. The van der Waals surface area contributed by atoms with E-state index in [2.05, 4.69) is 74.5 Å². The van der Waals surface area contributed by atoms with Gasteiger partial charge in [0.25, 0.3) is 0 Å². The van der Waals surface area contributed by atoms with E-state index < -0.39 is 0 Å². The van der Waals surface area contributed by atoms with Gasteiger partial charge in [-0.2, -0.15) is 0 Å². The number of hydrogen-bond donors (Lipinski definition) is 0. The third kappa shape index (κ3) is 3.50. The van der Waals surface area contributed by atoms with Crippen molar-refractivity contribution in [3.8, 4) is 0 Å². The molecular weight excluding hydrogens is 264 g/mol. The average Bonchev–Trinajstić information content (AvgIpc) is 2.54. The number of allylic oxidation sites excluding steroid dienone is 4. The van der Waals surface area contributed by atoms with Crippen molar-refractivity contribution >= 4 is 10.8 Å². The molecule has 0 heterocycles. The van der Waals surface area contributed by atoms with Crippen LogP contribution in [-0.2, 0) is 0 Å². The van der Waals surface area contributed by atoms with E-state index in [-0.39, 0.29) is 0 Å². The molecule has 1 aliphatic carbocycles. The van der Waals surface area contributed by atoms with Gasteiger partial charge in [0, 0.05) is 0 Å². The smallest absolute Gasteiger partial charge is 0.0156 e. The first-order chi connectivity index (χ1) is 10.8. The molecule has 0 nitrogen and oxygen atoms in total. The van der Waals surface area contributed by atoms with E-state index in [9.17, 15) is 0 Å². The minimum Gasteiger partial charge on any atom is -0.0837 e. The van der Waals surface area contributed by atoms with Gasteiger partial charge in [0.1, 0.15) is 0 Å². The fourth-order valence-corrected chi connectivity index (χ4v) is 3.68. The highest BCUT2D eigenvalue weighted by Crippen LogP contribution is 2.33. The highest BCUT2D eigenvalue weighted by Gasteiger charge is 2.17. The number of rotatable bonds is 5. The Morgan fingerprint density at radius 3 is 2.68 bits per heavy atom. The maximum Gasteiger partial charge on any atom is -0.0156 e. The van der Waals surface area contributed by atoms with Gasteiger partial charge in [-0.25, -0.2) is 0 Å². The average molecular weight is 290 g/mol. The summed E-state index contributed by atoms with van der Waals surface area (Å²) in [7, 11) is 0. The summed E-state index contributed by atoms with van der Waals surface area (Å²) >= 11 is 0. The summed E-state index contributed by atoms with van der Waals surface area (Å²) in [6, 6.07) is 15.7. The number of hydrogen-bond acceptors (Lipinski definition) is 0. The van der Waals surface area contributed by atoms with Crippen molar-refractivity contribution < 1.29 is 0 Å². The summed E-state index contributed by atoms with van der Waals surface area (Å²) in [5.74, 6) is 1.38. The van der Waals surface area contributed by atoms with Gasteiger partial charge in [-0.3, -0.25) is 0 Å². The topological polar surface area (TPSA) is 0 Å². The maximum absolute atomic E-state index is 2.46. The van der Waals surface area contributed by atoms with Crippen LogP contribution in [0.15, 0.2) is 66.3 Å². The molecule has 0 fully saturated rings. The summed E-state index contributed by atoms with van der Waals surface area (Å²) in [6.07, 6.45) is 12.1. The van der Waals surface area contributed by atoms with E-state index in [0.717, 1.165) is 0 Å². The first kappa shape index (κ1) is 15.1. The predicted octanol–water partition coefficient (Wildman–Crippen LogP) is 6.64. The minimum atomic E-state index is 0.676. The van der Waals surface area contributed by atoms with E-state index >= 15 is 0 Å². The fourth-order valence-electron chi connectivity index (χ4n) is 3.68. The molecule has 2 aromatic carbocycles. The van der Waals surface area contributed by atoms with Crippen LogP contribution in [0.4, 0.5) is 0 Å². The van der Waals surface area contributed by atoms with E-state index in [1.807, 2.05) is 0 Å². The summed E-state index contributed by atoms with van der Waals surface area (Å²) < 4.78 is 0. The van der Waals surface area contributed by atoms with Crippen LogP contribution in [0.5, 0.6) is 0 Å². The third-order valence-electron chi connectivity index (χ3n) is 4.79. The van der Waals surface area contributed by atoms with Gasteiger partial charge in [0.2, 0.25) is 0 Å². The molecular formula is C22H26. The molecule has 3 rings (SSSR count). The van der Waals surface area contributed by atoms with Gasteiger partial charge in [0.05, 0.1) is 0 Å². The molecule has 0 N–H and O–H groups in total. The summed E-state index contributed by atoms with van der Waals surface area (Å²) in [6.45, 7) is 4.52. The van der Waals surface area contributed by atoms with Gasteiger partial charge in [-0.05, 0) is 54.4 Å². The largest absolute Gasteiger partial charge is 0.0837 e. The lowest BCUT2D eigenvalue weighted by Crippen LogP contribution is -2.08. The molecule has 22 heavy (non-hydrogen) atoms. The molecule has 0 spiro atoms. The Balaban J connectivity index is 1.84. The Morgan fingerprint density at radius 2 is 1.91 bits per heavy atom. The Kier molecular flexibility index (Phi) is 4.77. The summed E-state index contributed by atoms with van der Waals surface area (Å²) in [4.78, 5) is 0. The molecule has 2 atom stereocenters. The van der Waals surface area contributed by atoms with Gasteiger partial charge in [-0.15, -0.1) is 0 Å². The van der Waals surface area contributed by atoms with Crippen LogP contribution in [0.2, 0.25) is 0 Å². The molecule has 0 radical (unpaired) electrons. The molecule has 0 amide bonds. The number of benzene rings is 2. The second-order valence-electron chi connectivity index (χ2n) is 6.64. The molecule has 0 bridgehead atoms. The molecule has 1 aliphatic rings. The van der Waals surface area contributed by atoms with Gasteiger partial charge < -0.3 is 0 Å². The lowest BCUT2D eigenvalue weighted by atomic mass is 9.82. The predicted molar refractivity (Wildman–Crippen MR) is 97.2 cm³/mol. The van der Waals surface area contributed by atoms with E-state index in [4.69, 9.17) is 0 Å².